The van der Waals surface area contributed by atoms with Crippen LogP contribution < -0.4 is 0 Å². The quantitative estimate of drug-likeness (QED) is 0.168. The van der Waals surface area contributed by atoms with Gasteiger partial charge in [0.15, 0.2) is 0 Å². The van der Waals surface area contributed by atoms with E-state index >= 15 is 0 Å². The fourth-order valence-corrected chi connectivity index (χ4v) is 10.4. The lowest BCUT2D eigenvalue weighted by molar-refractivity contribution is 0.657. The normalized spacial score (nSPS) is 16.5. The molecule has 7 aromatic carbocycles. The van der Waals surface area contributed by atoms with Gasteiger partial charge in [0.1, 0.15) is 11.2 Å². The van der Waals surface area contributed by atoms with E-state index in [1.54, 1.807) is 0 Å². The standard InChI is InChI=1S/C53H42O/c1-51(2)41-19-11-7-15-33(41)35-25-23-31(28-44(35)51)27-39(32-24-26-36-34-16-8-12-20-42(34)52(3,4)45(36)29-32)49-48-38-18-9-13-21-43(38)53(5,6)46(48)30-40-37-17-10-14-22-47(37)54-50(40)49/h7-30H,1-6H3/b39-27-. The number of fused-ring (bicyclic) bond motifs is 12. The fourth-order valence-electron chi connectivity index (χ4n) is 10.4. The van der Waals surface area contributed by atoms with Gasteiger partial charge in [0, 0.05) is 32.6 Å². The molecule has 0 bridgehead atoms. The second-order valence-electron chi connectivity index (χ2n) is 17.3. The van der Waals surface area contributed by atoms with Gasteiger partial charge in [-0.25, -0.2) is 0 Å². The lowest BCUT2D eigenvalue weighted by Gasteiger charge is -2.24. The first-order chi connectivity index (χ1) is 26.0. The second kappa shape index (κ2) is 10.6. The highest BCUT2D eigenvalue weighted by Gasteiger charge is 2.41. The van der Waals surface area contributed by atoms with Gasteiger partial charge in [-0.15, -0.1) is 0 Å². The van der Waals surface area contributed by atoms with Crippen molar-refractivity contribution in [2.24, 2.45) is 0 Å². The third-order valence-electron chi connectivity index (χ3n) is 13.3. The fraction of sp³-hybridized carbons (Fsp3) is 0.170. The van der Waals surface area contributed by atoms with Crippen molar-refractivity contribution in [1.82, 2.24) is 0 Å². The van der Waals surface area contributed by atoms with Gasteiger partial charge < -0.3 is 4.42 Å². The molecule has 1 heterocycles. The molecule has 54 heavy (non-hydrogen) atoms. The maximum absolute atomic E-state index is 7.03. The van der Waals surface area contributed by atoms with Crippen LogP contribution in [0.3, 0.4) is 0 Å². The Morgan fingerprint density at radius 3 is 1.65 bits per heavy atom. The summed E-state index contributed by atoms with van der Waals surface area (Å²) in [5.41, 5.74) is 22.4. The number of para-hydroxylation sites is 1. The molecule has 0 unspecified atom stereocenters. The molecule has 0 aliphatic heterocycles. The summed E-state index contributed by atoms with van der Waals surface area (Å²) in [7, 11) is 0. The van der Waals surface area contributed by atoms with Crippen LogP contribution in [0.5, 0.6) is 0 Å². The molecular weight excluding hydrogens is 653 g/mol. The SMILES string of the molecule is CC1(C)c2ccccc2-c2ccc(/C=C(/c3ccc4c(c3)C(C)(C)c3ccccc3-4)c3c4c(cc5c3oc3ccccc35)C(C)(C)c3ccccc3-4)cc21. The number of hydrogen-bond donors (Lipinski definition) is 0. The minimum absolute atomic E-state index is 0.0950. The van der Waals surface area contributed by atoms with E-state index in [-0.39, 0.29) is 16.2 Å². The molecule has 0 fully saturated rings. The third kappa shape index (κ3) is 4.05. The van der Waals surface area contributed by atoms with Crippen molar-refractivity contribution in [2.45, 2.75) is 57.8 Å². The van der Waals surface area contributed by atoms with Crippen LogP contribution in [-0.2, 0) is 16.2 Å². The van der Waals surface area contributed by atoms with Gasteiger partial charge in [-0.2, -0.15) is 0 Å². The van der Waals surface area contributed by atoms with E-state index in [0.29, 0.717) is 0 Å². The highest BCUT2D eigenvalue weighted by atomic mass is 16.3. The monoisotopic (exact) mass is 694 g/mol. The first-order valence-corrected chi connectivity index (χ1v) is 19.3. The zero-order chi connectivity index (χ0) is 36.7. The molecule has 8 aromatic rings. The van der Waals surface area contributed by atoms with Gasteiger partial charge in [-0.3, -0.25) is 0 Å². The molecule has 1 heteroatoms. The first-order valence-electron chi connectivity index (χ1n) is 19.3. The van der Waals surface area contributed by atoms with Crippen molar-refractivity contribution in [3.8, 4) is 33.4 Å². The summed E-state index contributed by atoms with van der Waals surface area (Å²) in [5.74, 6) is 0. The number of hydrogen-bond acceptors (Lipinski definition) is 1. The lowest BCUT2D eigenvalue weighted by Crippen LogP contribution is -2.15. The first kappa shape index (κ1) is 31.6. The average Bonchev–Trinajstić information content (AvgIpc) is 3.82. The minimum Gasteiger partial charge on any atom is -0.455 e. The van der Waals surface area contributed by atoms with Crippen molar-refractivity contribution in [3.63, 3.8) is 0 Å². The zero-order valence-corrected chi connectivity index (χ0v) is 31.8. The Morgan fingerprint density at radius 2 is 0.963 bits per heavy atom. The summed E-state index contributed by atoms with van der Waals surface area (Å²) in [6.45, 7) is 14.3. The van der Waals surface area contributed by atoms with Crippen molar-refractivity contribution in [3.05, 3.63) is 190 Å². The summed E-state index contributed by atoms with van der Waals surface area (Å²) < 4.78 is 7.03. The summed E-state index contributed by atoms with van der Waals surface area (Å²) in [6.07, 6.45) is 2.45. The molecule has 0 radical (unpaired) electrons. The zero-order valence-electron chi connectivity index (χ0n) is 31.8. The van der Waals surface area contributed by atoms with Gasteiger partial charge >= 0.3 is 0 Å². The Bertz CT molecular complexity index is 2960. The van der Waals surface area contributed by atoms with E-state index in [9.17, 15) is 0 Å². The van der Waals surface area contributed by atoms with Crippen LogP contribution in [-0.4, -0.2) is 0 Å². The Morgan fingerprint density at radius 1 is 0.444 bits per heavy atom. The molecule has 1 aromatic heterocycles. The molecule has 0 spiro atoms. The Hall–Kier alpha value is -5.92. The molecule has 0 N–H and O–H groups in total. The maximum Gasteiger partial charge on any atom is 0.143 e. The van der Waals surface area contributed by atoms with E-state index in [4.69, 9.17) is 4.42 Å². The summed E-state index contributed by atoms with van der Waals surface area (Å²) in [6, 6.07) is 52.1. The predicted octanol–water partition coefficient (Wildman–Crippen LogP) is 14.1. The highest BCUT2D eigenvalue weighted by molar-refractivity contribution is 6.15. The molecule has 11 rings (SSSR count). The molecule has 0 saturated heterocycles. The molecule has 0 saturated carbocycles. The van der Waals surface area contributed by atoms with Crippen molar-refractivity contribution in [2.75, 3.05) is 0 Å². The molecule has 3 aliphatic carbocycles. The predicted molar refractivity (Wildman–Crippen MR) is 226 cm³/mol. The topological polar surface area (TPSA) is 13.1 Å². The van der Waals surface area contributed by atoms with Crippen molar-refractivity contribution in [1.29, 1.82) is 0 Å². The third-order valence-corrected chi connectivity index (χ3v) is 13.3. The van der Waals surface area contributed by atoms with E-state index < -0.39 is 0 Å². The van der Waals surface area contributed by atoms with E-state index in [0.717, 1.165) is 16.6 Å². The smallest absolute Gasteiger partial charge is 0.143 e. The summed E-state index contributed by atoms with van der Waals surface area (Å²) >= 11 is 0. The minimum atomic E-state index is -0.177. The number of rotatable bonds is 3. The maximum atomic E-state index is 7.03. The Kier molecular flexibility index (Phi) is 6.21. The number of furan rings is 1. The van der Waals surface area contributed by atoms with E-state index in [1.807, 2.05) is 0 Å². The van der Waals surface area contributed by atoms with Gasteiger partial charge in [-0.1, -0.05) is 163 Å². The van der Waals surface area contributed by atoms with Crippen LogP contribution in [0.25, 0.3) is 67.0 Å². The lowest BCUT2D eigenvalue weighted by atomic mass is 9.79. The van der Waals surface area contributed by atoms with Gasteiger partial charge in [0.05, 0.1) is 0 Å². The average molecular weight is 695 g/mol. The summed E-state index contributed by atoms with van der Waals surface area (Å²) in [4.78, 5) is 0. The number of benzene rings is 7. The van der Waals surface area contributed by atoms with Gasteiger partial charge in [0.2, 0.25) is 0 Å². The van der Waals surface area contributed by atoms with Gasteiger partial charge in [-0.05, 0) is 108 Å². The molecule has 0 atom stereocenters. The van der Waals surface area contributed by atoms with Crippen LogP contribution in [0.1, 0.15) is 91.6 Å². The highest BCUT2D eigenvalue weighted by Crippen LogP contribution is 2.56. The molecular formula is C53H42O. The molecule has 3 aliphatic rings. The van der Waals surface area contributed by atoms with Crippen LogP contribution in [0, 0.1) is 0 Å². The summed E-state index contributed by atoms with van der Waals surface area (Å²) in [5, 5.41) is 2.33. The van der Waals surface area contributed by atoms with Crippen molar-refractivity contribution < 1.29 is 4.42 Å². The molecule has 260 valence electrons. The van der Waals surface area contributed by atoms with Crippen LogP contribution in [0.15, 0.2) is 144 Å². The van der Waals surface area contributed by atoms with Crippen LogP contribution in [0.2, 0.25) is 0 Å². The van der Waals surface area contributed by atoms with Crippen LogP contribution in [0.4, 0.5) is 0 Å². The largest absolute Gasteiger partial charge is 0.455 e. The van der Waals surface area contributed by atoms with E-state index in [1.165, 1.54) is 94.4 Å². The van der Waals surface area contributed by atoms with Crippen LogP contribution >= 0.6 is 0 Å². The Balaban J connectivity index is 1.25. The van der Waals surface area contributed by atoms with Gasteiger partial charge in [0.25, 0.3) is 0 Å². The molecule has 0 amide bonds. The van der Waals surface area contributed by atoms with Crippen molar-refractivity contribution >= 4 is 33.6 Å². The second-order valence-corrected chi connectivity index (χ2v) is 17.3. The van der Waals surface area contributed by atoms with E-state index in [2.05, 4.69) is 187 Å². The molecule has 1 nitrogen and oxygen atoms in total. The Labute approximate surface area is 317 Å².